The van der Waals surface area contributed by atoms with E-state index in [4.69, 9.17) is 15.2 Å². The molecule has 34 heavy (non-hydrogen) atoms. The molecule has 0 spiro atoms. The van der Waals surface area contributed by atoms with Gasteiger partial charge in [0, 0.05) is 41.4 Å². The topological polar surface area (TPSA) is 123 Å². The van der Waals surface area contributed by atoms with E-state index in [1.165, 1.54) is 11.1 Å². The van der Waals surface area contributed by atoms with E-state index in [0.717, 1.165) is 17.7 Å². The van der Waals surface area contributed by atoms with Crippen molar-refractivity contribution < 1.29 is 23.8 Å². The number of carboxylic acid groups (broad SMARTS) is 1. The molecular formula is C24H26FN5O4. The van der Waals surface area contributed by atoms with Crippen molar-refractivity contribution in [1.29, 1.82) is 0 Å². The second kappa shape index (κ2) is 8.60. The van der Waals surface area contributed by atoms with E-state index < -0.39 is 11.9 Å². The lowest BCUT2D eigenvalue weighted by atomic mass is 9.96. The number of aromatic nitrogens is 2. The van der Waals surface area contributed by atoms with Crippen molar-refractivity contribution >= 4 is 34.1 Å². The third-order valence-electron chi connectivity index (χ3n) is 6.69. The number of amides is 1. The van der Waals surface area contributed by atoms with Crippen molar-refractivity contribution in [1.82, 2.24) is 9.97 Å². The second-order valence-electron chi connectivity index (χ2n) is 8.59. The average Bonchev–Trinajstić information content (AvgIpc) is 3.30. The number of fused-ring (bicyclic) bond motifs is 2. The number of rotatable bonds is 4. The summed E-state index contributed by atoms with van der Waals surface area (Å²) in [6, 6.07) is 2.95. The fourth-order valence-corrected chi connectivity index (χ4v) is 4.78. The number of anilines is 3. The van der Waals surface area contributed by atoms with Crippen LogP contribution in [0.3, 0.4) is 0 Å². The maximum atomic E-state index is 15.4. The third-order valence-corrected chi connectivity index (χ3v) is 6.69. The van der Waals surface area contributed by atoms with Gasteiger partial charge in [-0.3, -0.25) is 4.90 Å². The maximum Gasteiger partial charge on any atom is 0.413 e. The maximum absolute atomic E-state index is 15.4. The molecule has 2 aromatic heterocycles. The van der Waals surface area contributed by atoms with Gasteiger partial charge in [0.25, 0.3) is 0 Å². The molecule has 5 rings (SSSR count). The van der Waals surface area contributed by atoms with Gasteiger partial charge in [-0.2, -0.15) is 0 Å². The first-order chi connectivity index (χ1) is 16.4. The van der Waals surface area contributed by atoms with Crippen LogP contribution in [0.15, 0.2) is 24.5 Å². The Labute approximate surface area is 195 Å². The summed E-state index contributed by atoms with van der Waals surface area (Å²) in [5, 5.41) is 14.2. The van der Waals surface area contributed by atoms with E-state index in [0.29, 0.717) is 48.6 Å². The summed E-state index contributed by atoms with van der Waals surface area (Å²) in [4.78, 5) is 22.1. The first kappa shape index (κ1) is 22.1. The highest BCUT2D eigenvalue weighted by molar-refractivity contribution is 5.99. The zero-order valence-corrected chi connectivity index (χ0v) is 19.0. The fraction of sp³-hybridized carbons (Fsp3) is 0.375. The molecule has 1 aromatic carbocycles. The molecule has 4 heterocycles. The van der Waals surface area contributed by atoms with E-state index in [-0.39, 0.29) is 29.0 Å². The van der Waals surface area contributed by atoms with Crippen molar-refractivity contribution in [2.45, 2.75) is 26.3 Å². The molecule has 0 unspecified atom stereocenters. The Hall–Kier alpha value is -3.66. The molecule has 2 aliphatic heterocycles. The normalized spacial score (nSPS) is 19.4. The number of pyridine rings is 2. The van der Waals surface area contributed by atoms with Crippen LogP contribution in [0.5, 0.6) is 5.88 Å². The van der Waals surface area contributed by atoms with Crippen molar-refractivity contribution in [2.75, 3.05) is 42.3 Å². The molecule has 2 atom stereocenters. The highest BCUT2D eigenvalue weighted by atomic mass is 19.1. The molecule has 9 nitrogen and oxygen atoms in total. The Balaban J connectivity index is 1.64. The van der Waals surface area contributed by atoms with Gasteiger partial charge >= 0.3 is 6.09 Å². The van der Waals surface area contributed by atoms with Crippen molar-refractivity contribution in [2.24, 2.45) is 5.92 Å². The zero-order chi connectivity index (χ0) is 24.0. The van der Waals surface area contributed by atoms with Gasteiger partial charge in [-0.15, -0.1) is 0 Å². The monoisotopic (exact) mass is 467 g/mol. The molecule has 4 N–H and O–H groups in total. The number of carbonyl (C=O) groups is 1. The molecule has 0 saturated carbocycles. The summed E-state index contributed by atoms with van der Waals surface area (Å²) in [6.07, 6.45) is 2.66. The van der Waals surface area contributed by atoms with Gasteiger partial charge in [-0.05, 0) is 36.4 Å². The van der Waals surface area contributed by atoms with Gasteiger partial charge in [0.1, 0.15) is 18.1 Å². The predicted octanol–water partition coefficient (Wildman–Crippen LogP) is 4.04. The molecular weight excluding hydrogens is 441 g/mol. The molecule has 3 aromatic rings. The summed E-state index contributed by atoms with van der Waals surface area (Å²) in [6.45, 7) is 5.82. The molecule has 1 amide bonds. The highest BCUT2D eigenvalue weighted by Crippen LogP contribution is 2.40. The van der Waals surface area contributed by atoms with Crippen molar-refractivity contribution in [3.05, 3.63) is 35.9 Å². The van der Waals surface area contributed by atoms with E-state index in [1.54, 1.807) is 18.3 Å². The van der Waals surface area contributed by atoms with Gasteiger partial charge in [-0.1, -0.05) is 6.92 Å². The van der Waals surface area contributed by atoms with E-state index >= 15 is 4.39 Å². The Bertz CT molecular complexity index is 1280. The first-order valence-electron chi connectivity index (χ1n) is 11.2. The van der Waals surface area contributed by atoms with Gasteiger partial charge in [-0.25, -0.2) is 19.2 Å². The number of nitrogens with zero attached hydrogens (tertiary/aromatic N) is 3. The quantitative estimate of drug-likeness (QED) is 0.492. The zero-order valence-electron chi connectivity index (χ0n) is 19.0. The number of benzene rings is 1. The SMILES string of the molecule is CC[C@@H]1COC[C@H]1N(C(=O)O)c1cc2cc(-c3cnc4c(c3C)NCCO4)c(F)c(N)c2cn1. The molecule has 1 fully saturated rings. The summed E-state index contributed by atoms with van der Waals surface area (Å²) in [5.74, 6) is 0.228. The Morgan fingerprint density at radius 2 is 2.12 bits per heavy atom. The minimum absolute atomic E-state index is 0.0506. The number of nitrogens with two attached hydrogens (primary N) is 1. The molecule has 2 aliphatic rings. The van der Waals surface area contributed by atoms with Crippen LogP contribution in [0, 0.1) is 18.7 Å². The molecule has 0 radical (unpaired) electrons. The number of hydrogen-bond donors (Lipinski definition) is 3. The van der Waals surface area contributed by atoms with Crippen LogP contribution in [0.2, 0.25) is 0 Å². The molecule has 0 aliphatic carbocycles. The van der Waals surface area contributed by atoms with Gasteiger partial charge < -0.3 is 25.6 Å². The van der Waals surface area contributed by atoms with Crippen molar-refractivity contribution in [3.8, 4) is 17.0 Å². The van der Waals surface area contributed by atoms with Crippen LogP contribution in [0.25, 0.3) is 21.9 Å². The molecule has 10 heteroatoms. The van der Waals surface area contributed by atoms with Gasteiger partial charge in [0.15, 0.2) is 5.82 Å². The summed E-state index contributed by atoms with van der Waals surface area (Å²) in [7, 11) is 0. The predicted molar refractivity (Wildman–Crippen MR) is 127 cm³/mol. The third kappa shape index (κ3) is 3.54. The Morgan fingerprint density at radius 1 is 1.29 bits per heavy atom. The number of halogens is 1. The number of nitrogens with one attached hydrogen (secondary N) is 1. The summed E-state index contributed by atoms with van der Waals surface area (Å²) >= 11 is 0. The summed E-state index contributed by atoms with van der Waals surface area (Å²) in [5.41, 5.74) is 8.49. The number of hydrogen-bond acceptors (Lipinski definition) is 7. The lowest BCUT2D eigenvalue weighted by Crippen LogP contribution is -2.44. The smallest absolute Gasteiger partial charge is 0.413 e. The minimum atomic E-state index is -1.11. The number of ether oxygens (including phenoxy) is 2. The lowest BCUT2D eigenvalue weighted by molar-refractivity contribution is 0.179. The van der Waals surface area contributed by atoms with E-state index in [1.807, 2.05) is 13.8 Å². The van der Waals surface area contributed by atoms with Gasteiger partial charge in [0.05, 0.1) is 24.9 Å². The van der Waals surface area contributed by atoms with E-state index in [2.05, 4.69) is 15.3 Å². The highest BCUT2D eigenvalue weighted by Gasteiger charge is 2.36. The van der Waals surface area contributed by atoms with Crippen LogP contribution in [-0.2, 0) is 4.74 Å². The molecule has 1 saturated heterocycles. The summed E-state index contributed by atoms with van der Waals surface area (Å²) < 4.78 is 26.5. The number of nitrogen functional groups attached to an aromatic ring is 1. The largest absolute Gasteiger partial charge is 0.474 e. The second-order valence-corrected chi connectivity index (χ2v) is 8.59. The molecule has 0 bridgehead atoms. The van der Waals surface area contributed by atoms with Crippen LogP contribution < -0.4 is 20.7 Å². The Kier molecular flexibility index (Phi) is 5.60. The minimum Gasteiger partial charge on any atom is -0.474 e. The van der Waals surface area contributed by atoms with Crippen LogP contribution in [0.4, 0.5) is 26.4 Å². The Morgan fingerprint density at radius 3 is 2.88 bits per heavy atom. The van der Waals surface area contributed by atoms with Crippen LogP contribution in [-0.4, -0.2) is 53.6 Å². The fourth-order valence-electron chi connectivity index (χ4n) is 4.78. The van der Waals surface area contributed by atoms with Crippen molar-refractivity contribution in [3.63, 3.8) is 0 Å². The molecule has 178 valence electrons. The van der Waals surface area contributed by atoms with Crippen LogP contribution >= 0.6 is 0 Å². The lowest BCUT2D eigenvalue weighted by Gasteiger charge is -2.28. The average molecular weight is 468 g/mol. The van der Waals surface area contributed by atoms with E-state index in [9.17, 15) is 9.90 Å². The first-order valence-corrected chi connectivity index (χ1v) is 11.2. The van der Waals surface area contributed by atoms with Crippen LogP contribution in [0.1, 0.15) is 18.9 Å². The standard InChI is InChI=1S/C24H26FN5O4/c1-3-13-10-33-11-18(13)30(24(31)32)19-7-14-6-15(20(25)21(26)17(14)9-28-19)16-8-29-23-22(12(16)2)27-4-5-34-23/h6-9,13,18,27H,3-5,10-11,26H2,1-2H3,(H,31,32)/t13-,18-/m1/s1. The van der Waals surface area contributed by atoms with Gasteiger partial charge in [0.2, 0.25) is 5.88 Å².